The van der Waals surface area contributed by atoms with Gasteiger partial charge >= 0.3 is 0 Å². The first-order valence-electron chi connectivity index (χ1n) is 8.90. The highest BCUT2D eigenvalue weighted by Crippen LogP contribution is 2.25. The van der Waals surface area contributed by atoms with Crippen LogP contribution in [0, 0.1) is 13.8 Å². The molecule has 0 aliphatic rings. The number of hydrogen-bond acceptors (Lipinski definition) is 3. The molecule has 0 radical (unpaired) electrons. The number of aliphatic imine (C=N–C) groups is 1. The number of rotatable bonds is 6. The Morgan fingerprint density at radius 3 is 2.64 bits per heavy atom. The van der Waals surface area contributed by atoms with Crippen LogP contribution in [0.2, 0.25) is 5.02 Å². The van der Waals surface area contributed by atoms with Gasteiger partial charge in [-0.25, -0.2) is 0 Å². The maximum absolute atomic E-state index is 12.1. The van der Waals surface area contributed by atoms with Gasteiger partial charge in [-0.15, -0.1) is 0 Å². The van der Waals surface area contributed by atoms with Gasteiger partial charge in [0.15, 0.2) is 6.61 Å². The van der Waals surface area contributed by atoms with Crippen molar-refractivity contribution in [2.75, 3.05) is 11.9 Å². The molecule has 5 heteroatoms. The van der Waals surface area contributed by atoms with E-state index >= 15 is 0 Å². The summed E-state index contributed by atoms with van der Waals surface area (Å²) in [5.41, 5.74) is 4.67. The Bertz CT molecular complexity index is 1010. The molecule has 0 aromatic heterocycles. The smallest absolute Gasteiger partial charge is 0.262 e. The van der Waals surface area contributed by atoms with Gasteiger partial charge in [0.25, 0.3) is 5.91 Å². The van der Waals surface area contributed by atoms with E-state index in [1.54, 1.807) is 18.3 Å². The summed E-state index contributed by atoms with van der Waals surface area (Å²) in [7, 11) is 0. The van der Waals surface area contributed by atoms with Gasteiger partial charge < -0.3 is 10.1 Å². The lowest BCUT2D eigenvalue weighted by atomic mass is 10.2. The Hall–Kier alpha value is -3.11. The van der Waals surface area contributed by atoms with Gasteiger partial charge in [-0.3, -0.25) is 9.79 Å². The number of para-hydroxylation sites is 1. The summed E-state index contributed by atoms with van der Waals surface area (Å²) in [5, 5.41) is 3.23. The molecular formula is C23H21ClN2O2. The lowest BCUT2D eigenvalue weighted by Gasteiger charge is -2.09. The van der Waals surface area contributed by atoms with Crippen molar-refractivity contribution in [3.05, 3.63) is 88.4 Å². The van der Waals surface area contributed by atoms with E-state index in [2.05, 4.69) is 10.3 Å². The summed E-state index contributed by atoms with van der Waals surface area (Å²) in [5.74, 6) is 0.209. The zero-order chi connectivity index (χ0) is 19.9. The number of benzene rings is 3. The van der Waals surface area contributed by atoms with Gasteiger partial charge in [-0.05, 0) is 66.9 Å². The number of halogens is 1. The number of carbonyl (C=O) groups is 1. The number of ether oxygens (including phenoxy) is 1. The first kappa shape index (κ1) is 19.6. The predicted octanol–water partition coefficient (Wildman–Crippen LogP) is 5.72. The van der Waals surface area contributed by atoms with Crippen molar-refractivity contribution in [1.29, 1.82) is 0 Å². The van der Waals surface area contributed by atoms with Crippen LogP contribution >= 0.6 is 11.6 Å². The summed E-state index contributed by atoms with van der Waals surface area (Å²) in [6, 6.07) is 20.8. The highest BCUT2D eigenvalue weighted by molar-refractivity contribution is 6.32. The van der Waals surface area contributed by atoms with E-state index < -0.39 is 0 Å². The van der Waals surface area contributed by atoms with Crippen LogP contribution in [0.5, 0.6) is 5.75 Å². The summed E-state index contributed by atoms with van der Waals surface area (Å²) in [4.78, 5) is 16.6. The highest BCUT2D eigenvalue weighted by Gasteiger charge is 2.07. The summed E-state index contributed by atoms with van der Waals surface area (Å²) < 4.78 is 5.55. The second-order valence-corrected chi connectivity index (χ2v) is 6.85. The van der Waals surface area contributed by atoms with Gasteiger partial charge in [0.1, 0.15) is 5.75 Å². The van der Waals surface area contributed by atoms with Crippen molar-refractivity contribution in [1.82, 2.24) is 0 Å². The molecular weight excluding hydrogens is 372 g/mol. The Morgan fingerprint density at radius 1 is 1.07 bits per heavy atom. The molecule has 3 aromatic rings. The average molecular weight is 393 g/mol. The number of hydrogen-bond donors (Lipinski definition) is 1. The Balaban J connectivity index is 1.59. The minimum Gasteiger partial charge on any atom is -0.482 e. The zero-order valence-corrected chi connectivity index (χ0v) is 16.5. The Morgan fingerprint density at radius 2 is 1.89 bits per heavy atom. The minimum atomic E-state index is -0.244. The van der Waals surface area contributed by atoms with Crippen molar-refractivity contribution in [2.45, 2.75) is 13.8 Å². The number of amides is 1. The zero-order valence-electron chi connectivity index (χ0n) is 15.8. The second kappa shape index (κ2) is 9.20. The van der Waals surface area contributed by atoms with Crippen molar-refractivity contribution in [3.8, 4) is 5.75 Å². The minimum absolute atomic E-state index is 0.121. The molecule has 1 amide bonds. The van der Waals surface area contributed by atoms with Crippen LogP contribution < -0.4 is 10.1 Å². The summed E-state index contributed by atoms with van der Waals surface area (Å²) >= 11 is 6.29. The summed E-state index contributed by atoms with van der Waals surface area (Å²) in [6.45, 7) is 3.86. The lowest BCUT2D eigenvalue weighted by Crippen LogP contribution is -2.20. The number of nitrogens with one attached hydrogen (secondary N) is 1. The first-order chi connectivity index (χ1) is 13.5. The first-order valence-corrected chi connectivity index (χ1v) is 9.27. The third-order valence-electron chi connectivity index (χ3n) is 4.08. The fourth-order valence-corrected chi connectivity index (χ4v) is 2.87. The number of nitrogens with zero attached hydrogens (tertiary/aromatic N) is 1. The van der Waals surface area contributed by atoms with Gasteiger partial charge in [-0.2, -0.15) is 0 Å². The topological polar surface area (TPSA) is 50.7 Å². The second-order valence-electron chi connectivity index (χ2n) is 6.44. The summed E-state index contributed by atoms with van der Waals surface area (Å²) in [6.07, 6.45) is 1.75. The van der Waals surface area contributed by atoms with Crippen LogP contribution in [0.4, 0.5) is 11.4 Å². The maximum atomic E-state index is 12.1. The molecule has 0 fully saturated rings. The molecule has 0 saturated carbocycles. The molecule has 0 bridgehead atoms. The molecule has 3 aromatic carbocycles. The molecule has 4 nitrogen and oxygen atoms in total. The van der Waals surface area contributed by atoms with E-state index in [0.717, 1.165) is 28.1 Å². The molecule has 0 unspecified atom stereocenters. The predicted molar refractivity (Wildman–Crippen MR) is 115 cm³/mol. The van der Waals surface area contributed by atoms with Gasteiger partial charge in [0.2, 0.25) is 0 Å². The highest BCUT2D eigenvalue weighted by atomic mass is 35.5. The standard InChI is InChI=1S/C23H21ClN2O2/c1-16-6-5-8-19(12-16)26-23(27)15-28-22-11-10-18(13-20(22)24)14-25-21-9-4-3-7-17(21)2/h3-14H,15H2,1-2H3,(H,26,27). The molecule has 28 heavy (non-hydrogen) atoms. The average Bonchev–Trinajstić information content (AvgIpc) is 2.66. The Kier molecular flexibility index (Phi) is 6.45. The van der Waals surface area contributed by atoms with Gasteiger partial charge in [-0.1, -0.05) is 41.9 Å². The Labute approximate surface area is 169 Å². The largest absolute Gasteiger partial charge is 0.482 e. The van der Waals surface area contributed by atoms with Crippen molar-refractivity contribution in [2.24, 2.45) is 4.99 Å². The van der Waals surface area contributed by atoms with E-state index in [4.69, 9.17) is 16.3 Å². The van der Waals surface area contributed by atoms with Gasteiger partial charge in [0.05, 0.1) is 10.7 Å². The van der Waals surface area contributed by atoms with Crippen LogP contribution in [-0.2, 0) is 4.79 Å². The van der Waals surface area contributed by atoms with Crippen molar-refractivity contribution in [3.63, 3.8) is 0 Å². The molecule has 3 rings (SSSR count). The van der Waals surface area contributed by atoms with Crippen LogP contribution in [-0.4, -0.2) is 18.7 Å². The fraction of sp³-hybridized carbons (Fsp3) is 0.130. The molecule has 1 N–H and O–H groups in total. The fourth-order valence-electron chi connectivity index (χ4n) is 2.63. The van der Waals surface area contributed by atoms with E-state index in [1.165, 1.54) is 0 Å². The number of anilines is 1. The molecule has 0 aliphatic carbocycles. The molecule has 0 spiro atoms. The van der Waals surface area contributed by atoms with E-state index in [9.17, 15) is 4.79 Å². The maximum Gasteiger partial charge on any atom is 0.262 e. The molecule has 142 valence electrons. The quantitative estimate of drug-likeness (QED) is 0.545. The number of carbonyl (C=O) groups excluding carboxylic acids is 1. The molecule has 0 atom stereocenters. The third kappa shape index (κ3) is 5.44. The van der Waals surface area contributed by atoms with Crippen LogP contribution in [0.15, 0.2) is 71.7 Å². The van der Waals surface area contributed by atoms with Crippen LogP contribution in [0.25, 0.3) is 0 Å². The lowest BCUT2D eigenvalue weighted by molar-refractivity contribution is -0.118. The normalized spacial score (nSPS) is 10.8. The van der Waals surface area contributed by atoms with Crippen molar-refractivity contribution < 1.29 is 9.53 Å². The third-order valence-corrected chi connectivity index (χ3v) is 4.38. The monoisotopic (exact) mass is 392 g/mol. The van der Waals surface area contributed by atoms with E-state index in [1.807, 2.05) is 68.4 Å². The number of aryl methyl sites for hydroxylation is 2. The van der Waals surface area contributed by atoms with Crippen molar-refractivity contribution >= 4 is 35.1 Å². The van der Waals surface area contributed by atoms with Crippen LogP contribution in [0.1, 0.15) is 16.7 Å². The molecule has 0 heterocycles. The molecule has 0 saturated heterocycles. The van der Waals surface area contributed by atoms with Crippen LogP contribution in [0.3, 0.4) is 0 Å². The van der Waals surface area contributed by atoms with E-state index in [0.29, 0.717) is 10.8 Å². The SMILES string of the molecule is Cc1cccc(NC(=O)COc2ccc(C=Nc3ccccc3C)cc2Cl)c1. The molecule has 0 aliphatic heterocycles. The van der Waals surface area contributed by atoms with E-state index in [-0.39, 0.29) is 12.5 Å². The van der Waals surface area contributed by atoms with Gasteiger partial charge in [0, 0.05) is 11.9 Å².